The summed E-state index contributed by atoms with van der Waals surface area (Å²) in [4.78, 5) is 20.2. The van der Waals surface area contributed by atoms with Crippen molar-refractivity contribution in [3.05, 3.63) is 82.6 Å². The van der Waals surface area contributed by atoms with E-state index in [2.05, 4.69) is 9.97 Å². The van der Waals surface area contributed by atoms with E-state index in [1.165, 1.54) is 6.20 Å². The van der Waals surface area contributed by atoms with E-state index in [-0.39, 0.29) is 16.6 Å². The molecule has 0 fully saturated rings. The van der Waals surface area contributed by atoms with Crippen molar-refractivity contribution in [1.82, 2.24) is 9.97 Å². The fourth-order valence-electron chi connectivity index (χ4n) is 3.50. The van der Waals surface area contributed by atoms with E-state index in [1.807, 2.05) is 4.72 Å². The van der Waals surface area contributed by atoms with Crippen LogP contribution in [0.15, 0.2) is 54.9 Å². The predicted molar refractivity (Wildman–Crippen MR) is 129 cm³/mol. The summed E-state index contributed by atoms with van der Waals surface area (Å²) in [6.45, 7) is 0.548. The van der Waals surface area contributed by atoms with Crippen LogP contribution in [0.2, 0.25) is 5.02 Å². The van der Waals surface area contributed by atoms with Crippen LogP contribution in [0, 0.1) is 11.6 Å². The van der Waals surface area contributed by atoms with Gasteiger partial charge in [0.05, 0.1) is 17.0 Å². The average molecular weight is 540 g/mol. The van der Waals surface area contributed by atoms with Crippen LogP contribution >= 0.6 is 11.6 Å². The molecule has 0 aliphatic rings. The van der Waals surface area contributed by atoms with Gasteiger partial charge < -0.3 is 4.98 Å². The number of nitrogens with one attached hydrogen (secondary N) is 2. The molecule has 36 heavy (non-hydrogen) atoms. The number of carbonyl (C=O) groups is 1. The maximum atomic E-state index is 15.2. The molecule has 0 bridgehead atoms. The Balaban J connectivity index is 1.71. The maximum absolute atomic E-state index is 15.2. The first-order valence-electron chi connectivity index (χ1n) is 10.5. The molecule has 0 amide bonds. The summed E-state index contributed by atoms with van der Waals surface area (Å²) in [6, 6.07) is 9.92. The highest BCUT2D eigenvalue weighted by atomic mass is 35.5. The molecular formula is C24H18ClF4N3O3S. The molecule has 188 valence electrons. The summed E-state index contributed by atoms with van der Waals surface area (Å²) >= 11 is 5.92. The Morgan fingerprint density at radius 1 is 1.11 bits per heavy atom. The minimum absolute atomic E-state index is 0.100. The Morgan fingerprint density at radius 3 is 2.47 bits per heavy atom. The monoisotopic (exact) mass is 539 g/mol. The number of hydrogen-bond acceptors (Lipinski definition) is 4. The molecule has 2 N–H and O–H groups in total. The Morgan fingerprint density at radius 2 is 1.81 bits per heavy atom. The summed E-state index contributed by atoms with van der Waals surface area (Å²) in [5.41, 5.74) is -0.207. The van der Waals surface area contributed by atoms with Crippen molar-refractivity contribution in [1.29, 1.82) is 0 Å². The number of rotatable bonds is 8. The SMILES string of the molecule is CC(F)(F)CCS(=O)(=O)Nc1ccc(F)c(C(=O)c2c[nH]c3ncc(-c4ccc(Cl)cc4)cc23)c1F. The van der Waals surface area contributed by atoms with Crippen LogP contribution in [0.5, 0.6) is 0 Å². The minimum Gasteiger partial charge on any atom is -0.345 e. The van der Waals surface area contributed by atoms with Crippen molar-refractivity contribution in [2.45, 2.75) is 19.3 Å². The first-order valence-corrected chi connectivity index (χ1v) is 12.5. The molecule has 12 heteroatoms. The second-order valence-corrected chi connectivity index (χ2v) is 10.5. The highest BCUT2D eigenvalue weighted by Gasteiger charge is 2.28. The number of fused-ring (bicyclic) bond motifs is 1. The summed E-state index contributed by atoms with van der Waals surface area (Å²) in [5, 5.41) is 0.803. The number of hydrogen-bond donors (Lipinski definition) is 2. The number of nitrogens with zero attached hydrogens (tertiary/aromatic N) is 1. The quantitative estimate of drug-likeness (QED) is 0.207. The number of alkyl halides is 2. The first-order chi connectivity index (χ1) is 16.8. The lowest BCUT2D eigenvalue weighted by Crippen LogP contribution is -2.23. The van der Waals surface area contributed by atoms with Crippen LogP contribution in [-0.2, 0) is 10.0 Å². The third-order valence-corrected chi connectivity index (χ3v) is 6.87. The number of aromatic amines is 1. The van der Waals surface area contributed by atoms with Crippen molar-refractivity contribution in [2.75, 3.05) is 10.5 Å². The molecule has 0 unspecified atom stereocenters. The van der Waals surface area contributed by atoms with Crippen LogP contribution in [-0.4, -0.2) is 35.8 Å². The molecule has 0 saturated heterocycles. The zero-order valence-corrected chi connectivity index (χ0v) is 20.2. The summed E-state index contributed by atoms with van der Waals surface area (Å²) in [7, 11) is -4.40. The normalized spacial score (nSPS) is 12.2. The lowest BCUT2D eigenvalue weighted by Gasteiger charge is -2.13. The van der Waals surface area contributed by atoms with Gasteiger partial charge in [-0.05, 0) is 42.8 Å². The molecular weight excluding hydrogens is 522 g/mol. The first kappa shape index (κ1) is 25.6. The topological polar surface area (TPSA) is 91.9 Å². The standard InChI is InChI=1S/C24H18ClF4N3O3S/c1-24(28,29)8-9-36(34,35)32-19-7-6-18(26)20(21(19)27)22(33)17-12-31-23-16(17)10-14(11-30-23)13-2-4-15(25)5-3-13/h2-7,10-12,32H,8-9H2,1H3,(H,30,31). The van der Waals surface area contributed by atoms with Gasteiger partial charge in [0.15, 0.2) is 5.82 Å². The molecule has 0 spiro atoms. The van der Waals surface area contributed by atoms with Crippen LogP contribution < -0.4 is 4.72 Å². The third-order valence-electron chi connectivity index (χ3n) is 5.35. The Hall–Kier alpha value is -3.44. The van der Waals surface area contributed by atoms with Gasteiger partial charge in [0.2, 0.25) is 21.7 Å². The number of halogens is 5. The zero-order chi connectivity index (χ0) is 26.3. The molecule has 2 heterocycles. The fraction of sp³-hybridized carbons (Fsp3) is 0.167. The molecule has 0 radical (unpaired) electrons. The molecule has 2 aromatic carbocycles. The van der Waals surface area contributed by atoms with E-state index in [1.54, 1.807) is 36.5 Å². The number of aromatic nitrogens is 2. The second-order valence-electron chi connectivity index (χ2n) is 8.18. The van der Waals surface area contributed by atoms with Crippen LogP contribution in [0.1, 0.15) is 29.3 Å². The number of sulfonamides is 1. The lowest BCUT2D eigenvalue weighted by molar-refractivity contribution is 0.0189. The van der Waals surface area contributed by atoms with Gasteiger partial charge in [0.25, 0.3) is 0 Å². The van der Waals surface area contributed by atoms with Crippen molar-refractivity contribution in [2.24, 2.45) is 0 Å². The van der Waals surface area contributed by atoms with Crippen LogP contribution in [0.25, 0.3) is 22.2 Å². The molecule has 0 atom stereocenters. The number of H-pyrrole nitrogens is 1. The van der Waals surface area contributed by atoms with E-state index >= 15 is 4.39 Å². The van der Waals surface area contributed by atoms with E-state index in [4.69, 9.17) is 11.6 Å². The number of pyridine rings is 1. The van der Waals surface area contributed by atoms with E-state index < -0.39 is 56.8 Å². The smallest absolute Gasteiger partial charge is 0.246 e. The van der Waals surface area contributed by atoms with Crippen LogP contribution in [0.4, 0.5) is 23.2 Å². The van der Waals surface area contributed by atoms with Gasteiger partial charge in [-0.15, -0.1) is 0 Å². The molecule has 0 aliphatic carbocycles. The summed E-state index contributed by atoms with van der Waals surface area (Å²) in [6.07, 6.45) is 1.78. The molecule has 6 nitrogen and oxygen atoms in total. The zero-order valence-electron chi connectivity index (χ0n) is 18.6. The Bertz CT molecular complexity index is 1570. The van der Waals surface area contributed by atoms with Crippen LogP contribution in [0.3, 0.4) is 0 Å². The number of benzene rings is 2. The third kappa shape index (κ3) is 5.52. The molecule has 4 rings (SSSR count). The predicted octanol–water partition coefficient (Wildman–Crippen LogP) is 6.18. The fourth-order valence-corrected chi connectivity index (χ4v) is 4.85. The van der Waals surface area contributed by atoms with Gasteiger partial charge >= 0.3 is 0 Å². The average Bonchev–Trinajstić information content (AvgIpc) is 3.23. The maximum Gasteiger partial charge on any atom is 0.246 e. The van der Waals surface area contributed by atoms with Crippen molar-refractivity contribution < 1.29 is 30.8 Å². The summed E-state index contributed by atoms with van der Waals surface area (Å²) in [5.74, 6) is -8.02. The molecule has 0 aliphatic heterocycles. The minimum atomic E-state index is -4.40. The van der Waals surface area contributed by atoms with Crippen molar-refractivity contribution >= 4 is 44.1 Å². The van der Waals surface area contributed by atoms with Crippen molar-refractivity contribution in [3.63, 3.8) is 0 Å². The highest BCUT2D eigenvalue weighted by Crippen LogP contribution is 2.30. The highest BCUT2D eigenvalue weighted by molar-refractivity contribution is 7.92. The second kappa shape index (κ2) is 9.55. The largest absolute Gasteiger partial charge is 0.345 e. The van der Waals surface area contributed by atoms with Gasteiger partial charge in [-0.25, -0.2) is 31.0 Å². The lowest BCUT2D eigenvalue weighted by atomic mass is 10.00. The van der Waals surface area contributed by atoms with Gasteiger partial charge in [-0.3, -0.25) is 9.52 Å². The van der Waals surface area contributed by atoms with E-state index in [0.717, 1.165) is 17.7 Å². The molecule has 2 aromatic heterocycles. The summed E-state index contributed by atoms with van der Waals surface area (Å²) < 4.78 is 82.0. The number of anilines is 1. The van der Waals surface area contributed by atoms with E-state index in [9.17, 15) is 26.4 Å². The number of ketones is 1. The Kier molecular flexibility index (Phi) is 6.80. The molecule has 4 aromatic rings. The van der Waals surface area contributed by atoms with Gasteiger partial charge in [0.1, 0.15) is 11.5 Å². The van der Waals surface area contributed by atoms with Gasteiger partial charge in [-0.2, -0.15) is 0 Å². The number of carbonyl (C=O) groups excluding carboxylic acids is 1. The van der Waals surface area contributed by atoms with Crippen molar-refractivity contribution in [3.8, 4) is 11.1 Å². The van der Waals surface area contributed by atoms with Gasteiger partial charge in [0, 0.05) is 40.4 Å². The van der Waals surface area contributed by atoms with Gasteiger partial charge in [-0.1, -0.05) is 23.7 Å². The van der Waals surface area contributed by atoms with E-state index in [0.29, 0.717) is 17.5 Å². The Labute approximate surface area is 208 Å². The molecule has 0 saturated carbocycles.